The Hall–Kier alpha value is -2.74. The highest BCUT2D eigenvalue weighted by Crippen LogP contribution is 2.52. The number of hydrogen-bond donors (Lipinski definition) is 1. The summed E-state index contributed by atoms with van der Waals surface area (Å²) in [5.41, 5.74) is -0.701. The standard InChI is InChI=1S/C15H12N2O6/c18-13-12-11(14(19)20)10-4-5-15(12,23-10)7-16(13)8-2-1-3-9(6-8)17(21)22/h1-6,10-12H,7H2,(H,19,20)/t10-,11+,12-,15-/m0/s1. The molecule has 1 N–H and O–H groups in total. The van der Waals surface area contributed by atoms with Crippen molar-refractivity contribution in [3.05, 3.63) is 46.5 Å². The fourth-order valence-electron chi connectivity index (χ4n) is 3.77. The zero-order chi connectivity index (χ0) is 16.4. The predicted molar refractivity (Wildman–Crippen MR) is 76.8 cm³/mol. The minimum atomic E-state index is -1.07. The summed E-state index contributed by atoms with van der Waals surface area (Å²) in [6.07, 6.45) is 2.84. The van der Waals surface area contributed by atoms with Crippen LogP contribution in [0.25, 0.3) is 0 Å². The summed E-state index contributed by atoms with van der Waals surface area (Å²) in [5, 5.41) is 20.3. The number of anilines is 1. The lowest BCUT2D eigenvalue weighted by molar-refractivity contribution is -0.384. The van der Waals surface area contributed by atoms with E-state index in [9.17, 15) is 24.8 Å². The van der Waals surface area contributed by atoms with Crippen molar-refractivity contribution in [2.75, 3.05) is 11.4 Å². The molecule has 1 amide bonds. The number of nitrogens with zero attached hydrogens (tertiary/aromatic N) is 2. The Bertz CT molecular complexity index is 775. The smallest absolute Gasteiger partial charge is 0.310 e. The summed E-state index contributed by atoms with van der Waals surface area (Å²) in [5.74, 6) is -3.16. The van der Waals surface area contributed by atoms with Gasteiger partial charge in [0.05, 0.1) is 29.2 Å². The molecule has 8 nitrogen and oxygen atoms in total. The van der Waals surface area contributed by atoms with Gasteiger partial charge in [-0.05, 0) is 6.07 Å². The van der Waals surface area contributed by atoms with Crippen LogP contribution in [0.3, 0.4) is 0 Å². The average molecular weight is 316 g/mol. The molecule has 1 aromatic carbocycles. The van der Waals surface area contributed by atoms with Crippen molar-refractivity contribution in [3.8, 4) is 0 Å². The zero-order valence-electron chi connectivity index (χ0n) is 11.8. The summed E-state index contributed by atoms with van der Waals surface area (Å²) in [7, 11) is 0. The second-order valence-electron chi connectivity index (χ2n) is 5.94. The molecule has 1 spiro atoms. The molecule has 0 unspecified atom stereocenters. The molecule has 2 saturated heterocycles. The third-order valence-corrected chi connectivity index (χ3v) is 4.74. The Morgan fingerprint density at radius 2 is 2.26 bits per heavy atom. The summed E-state index contributed by atoms with van der Waals surface area (Å²) in [6, 6.07) is 5.73. The van der Waals surface area contributed by atoms with Crippen molar-refractivity contribution >= 4 is 23.3 Å². The Morgan fingerprint density at radius 1 is 1.48 bits per heavy atom. The van der Waals surface area contributed by atoms with E-state index in [0.29, 0.717) is 5.69 Å². The van der Waals surface area contributed by atoms with Crippen LogP contribution in [0.1, 0.15) is 0 Å². The first-order valence-electron chi connectivity index (χ1n) is 7.09. The lowest BCUT2D eigenvalue weighted by atomic mass is 9.77. The summed E-state index contributed by atoms with van der Waals surface area (Å²) in [6.45, 7) is 0.161. The molecule has 0 saturated carbocycles. The normalized spacial score (nSPS) is 34.0. The lowest BCUT2D eigenvalue weighted by Crippen LogP contribution is -2.39. The Kier molecular flexibility index (Phi) is 2.65. The summed E-state index contributed by atoms with van der Waals surface area (Å²) < 4.78 is 5.77. The van der Waals surface area contributed by atoms with E-state index >= 15 is 0 Å². The van der Waals surface area contributed by atoms with Gasteiger partial charge in [-0.15, -0.1) is 0 Å². The number of aliphatic carboxylic acids is 1. The minimum Gasteiger partial charge on any atom is -0.481 e. The number of amides is 1. The molecule has 2 fully saturated rings. The average Bonchev–Trinajstić information content (AvgIpc) is 3.15. The number of carboxylic acids is 1. The molecule has 4 rings (SSSR count). The number of carboxylic acid groups (broad SMARTS) is 1. The van der Waals surface area contributed by atoms with Gasteiger partial charge in [-0.3, -0.25) is 19.7 Å². The molecule has 23 heavy (non-hydrogen) atoms. The number of nitro groups is 1. The van der Waals surface area contributed by atoms with Gasteiger partial charge in [0.1, 0.15) is 11.5 Å². The van der Waals surface area contributed by atoms with E-state index in [1.54, 1.807) is 18.2 Å². The van der Waals surface area contributed by atoms with E-state index in [-0.39, 0.29) is 18.1 Å². The van der Waals surface area contributed by atoms with Crippen molar-refractivity contribution in [2.24, 2.45) is 11.8 Å². The van der Waals surface area contributed by atoms with E-state index < -0.39 is 34.4 Å². The number of rotatable bonds is 3. The predicted octanol–water partition coefficient (Wildman–Crippen LogP) is 0.966. The molecular weight excluding hydrogens is 304 g/mol. The molecule has 3 heterocycles. The second kappa shape index (κ2) is 4.39. The van der Waals surface area contributed by atoms with Crippen LogP contribution in [0, 0.1) is 22.0 Å². The number of carbonyl (C=O) groups is 2. The topological polar surface area (TPSA) is 110 Å². The van der Waals surface area contributed by atoms with E-state index in [2.05, 4.69) is 0 Å². The Balaban J connectivity index is 1.73. The molecule has 3 aliphatic heterocycles. The second-order valence-corrected chi connectivity index (χ2v) is 5.94. The van der Waals surface area contributed by atoms with Crippen LogP contribution < -0.4 is 4.90 Å². The van der Waals surface area contributed by atoms with Crippen molar-refractivity contribution in [1.82, 2.24) is 0 Å². The van der Waals surface area contributed by atoms with Crippen LogP contribution in [0.5, 0.6) is 0 Å². The Morgan fingerprint density at radius 3 is 2.96 bits per heavy atom. The van der Waals surface area contributed by atoms with Crippen molar-refractivity contribution < 1.29 is 24.4 Å². The third-order valence-electron chi connectivity index (χ3n) is 4.74. The lowest BCUT2D eigenvalue weighted by Gasteiger charge is -2.21. The van der Waals surface area contributed by atoms with Gasteiger partial charge < -0.3 is 14.7 Å². The zero-order valence-corrected chi connectivity index (χ0v) is 11.8. The van der Waals surface area contributed by atoms with Gasteiger partial charge in [-0.2, -0.15) is 0 Å². The number of ether oxygens (including phenoxy) is 1. The van der Waals surface area contributed by atoms with Gasteiger partial charge in [0.2, 0.25) is 5.91 Å². The molecular formula is C15H12N2O6. The van der Waals surface area contributed by atoms with E-state index in [4.69, 9.17) is 4.74 Å². The fraction of sp³-hybridized carbons (Fsp3) is 0.333. The highest BCUT2D eigenvalue weighted by atomic mass is 16.6. The van der Waals surface area contributed by atoms with Crippen LogP contribution in [0.4, 0.5) is 11.4 Å². The molecule has 118 valence electrons. The van der Waals surface area contributed by atoms with E-state index in [1.165, 1.54) is 23.1 Å². The first kappa shape index (κ1) is 13.9. The summed E-state index contributed by atoms with van der Waals surface area (Å²) in [4.78, 5) is 36.0. The van der Waals surface area contributed by atoms with E-state index in [0.717, 1.165) is 0 Å². The highest BCUT2D eigenvalue weighted by molar-refractivity contribution is 6.02. The molecule has 0 aliphatic carbocycles. The van der Waals surface area contributed by atoms with Gasteiger partial charge in [-0.25, -0.2) is 0 Å². The molecule has 8 heteroatoms. The fourth-order valence-corrected chi connectivity index (χ4v) is 3.77. The van der Waals surface area contributed by atoms with Crippen LogP contribution in [-0.4, -0.2) is 40.2 Å². The number of non-ortho nitro benzene ring substituents is 1. The molecule has 0 aromatic heterocycles. The molecule has 2 bridgehead atoms. The highest BCUT2D eigenvalue weighted by Gasteiger charge is 2.67. The van der Waals surface area contributed by atoms with E-state index in [1.807, 2.05) is 0 Å². The SMILES string of the molecule is O=C(O)[C@@H]1[C@@H]2C=C[C@@]3(CN(c4cccc([N+](=O)[O-])c4)C(=O)[C@H]13)O2. The largest absolute Gasteiger partial charge is 0.481 e. The van der Waals surface area contributed by atoms with Crippen LogP contribution in [-0.2, 0) is 14.3 Å². The maximum absolute atomic E-state index is 12.7. The maximum atomic E-state index is 12.7. The number of carbonyl (C=O) groups excluding carboxylic acids is 1. The van der Waals surface area contributed by atoms with Crippen molar-refractivity contribution in [3.63, 3.8) is 0 Å². The first-order chi connectivity index (χ1) is 10.9. The van der Waals surface area contributed by atoms with Gasteiger partial charge in [0.15, 0.2) is 0 Å². The Labute approximate surface area is 130 Å². The maximum Gasteiger partial charge on any atom is 0.310 e. The number of fused-ring (bicyclic) bond motifs is 1. The molecule has 4 atom stereocenters. The summed E-state index contributed by atoms with van der Waals surface area (Å²) >= 11 is 0. The van der Waals surface area contributed by atoms with Gasteiger partial charge in [-0.1, -0.05) is 18.2 Å². The van der Waals surface area contributed by atoms with Gasteiger partial charge in [0.25, 0.3) is 5.69 Å². The van der Waals surface area contributed by atoms with Crippen molar-refractivity contribution in [1.29, 1.82) is 0 Å². The number of benzene rings is 1. The van der Waals surface area contributed by atoms with Gasteiger partial charge in [0, 0.05) is 12.1 Å². The minimum absolute atomic E-state index is 0.125. The molecule has 1 aromatic rings. The number of nitro benzene ring substituents is 1. The monoisotopic (exact) mass is 316 g/mol. The van der Waals surface area contributed by atoms with Crippen LogP contribution in [0.2, 0.25) is 0 Å². The number of hydrogen-bond acceptors (Lipinski definition) is 5. The van der Waals surface area contributed by atoms with Crippen molar-refractivity contribution in [2.45, 2.75) is 11.7 Å². The first-order valence-corrected chi connectivity index (χ1v) is 7.09. The van der Waals surface area contributed by atoms with Gasteiger partial charge >= 0.3 is 5.97 Å². The quantitative estimate of drug-likeness (QED) is 0.505. The van der Waals surface area contributed by atoms with Crippen LogP contribution in [0.15, 0.2) is 36.4 Å². The molecule has 0 radical (unpaired) electrons. The molecule has 3 aliphatic rings. The van der Waals surface area contributed by atoms with Crippen LogP contribution >= 0.6 is 0 Å². The third kappa shape index (κ3) is 1.75.